The molecule has 28 heavy (non-hydrogen) atoms. The molecule has 0 unspecified atom stereocenters. The molecular formula is C16H35O10P2+. The summed E-state index contributed by atoms with van der Waals surface area (Å²) in [5, 5.41) is 0. The zero-order valence-corrected chi connectivity index (χ0v) is 18.1. The summed E-state index contributed by atoms with van der Waals surface area (Å²) in [4.78, 5) is 49.6. The van der Waals surface area contributed by atoms with E-state index >= 15 is 0 Å². The van der Waals surface area contributed by atoms with Gasteiger partial charge < -0.3 is 29.2 Å². The number of carbonyl (C=O) groups excluding carboxylic acids is 1. The summed E-state index contributed by atoms with van der Waals surface area (Å²) < 4.78 is 28.7. The van der Waals surface area contributed by atoms with Gasteiger partial charge in [-0.3, -0.25) is 4.52 Å². The van der Waals surface area contributed by atoms with Crippen molar-refractivity contribution in [2.45, 2.75) is 71.1 Å². The predicted molar refractivity (Wildman–Crippen MR) is 105 cm³/mol. The molecule has 0 bridgehead atoms. The van der Waals surface area contributed by atoms with Gasteiger partial charge in [-0.15, -0.1) is 0 Å². The fraction of sp³-hybridized carbons (Fsp3) is 0.812. The van der Waals surface area contributed by atoms with Gasteiger partial charge in [-0.25, -0.2) is 13.9 Å². The Hall–Kier alpha value is -0.570. The van der Waals surface area contributed by atoms with Gasteiger partial charge >= 0.3 is 23.0 Å². The Morgan fingerprint density at radius 1 is 0.786 bits per heavy atom. The number of esters is 1. The minimum atomic E-state index is -4.64. The topological polar surface area (TPSA) is 171 Å². The highest BCUT2D eigenvalue weighted by molar-refractivity contribution is 7.46. The first-order valence-electron chi connectivity index (χ1n) is 9.23. The number of ether oxygens (including phenoxy) is 1. The molecule has 0 aliphatic rings. The molecule has 10 nitrogen and oxygen atoms in total. The second-order valence-electron chi connectivity index (χ2n) is 6.04. The van der Waals surface area contributed by atoms with Crippen LogP contribution in [0.25, 0.3) is 0 Å². The lowest BCUT2D eigenvalue weighted by Crippen LogP contribution is -2.01. The molecule has 0 heterocycles. The van der Waals surface area contributed by atoms with E-state index in [2.05, 4.69) is 4.52 Å². The average Bonchev–Trinajstić information content (AvgIpc) is 2.53. The summed E-state index contributed by atoms with van der Waals surface area (Å²) in [6, 6.07) is 0. The number of carbonyl (C=O) groups is 1. The average molecular weight is 449 g/mol. The highest BCUT2D eigenvalue weighted by atomic mass is 31.2. The van der Waals surface area contributed by atoms with E-state index in [0.29, 0.717) is 13.0 Å². The smallest absolute Gasteiger partial charge is 0.463 e. The molecule has 0 saturated carbocycles. The molecule has 0 aromatic rings. The molecule has 0 radical (unpaired) electrons. The summed E-state index contributed by atoms with van der Waals surface area (Å²) in [5.41, 5.74) is 0. The molecule has 0 rings (SSSR count). The minimum absolute atomic E-state index is 0. The summed E-state index contributed by atoms with van der Waals surface area (Å²) >= 11 is 0. The van der Waals surface area contributed by atoms with E-state index in [4.69, 9.17) is 33.8 Å². The van der Waals surface area contributed by atoms with Crippen molar-refractivity contribution >= 4 is 21.6 Å². The second kappa shape index (κ2) is 18.5. The van der Waals surface area contributed by atoms with Gasteiger partial charge in [0.15, 0.2) is 0 Å². The number of phosphoric ester groups is 1. The number of rotatable bonds is 15. The SMILES string of the molecule is CC=CC(=O)OCCCCCCCCCCCCOP(=O)(O)O.O=P(O)(O)O.[H+]. The lowest BCUT2D eigenvalue weighted by atomic mass is 10.1. The van der Waals surface area contributed by atoms with Gasteiger partial charge in [0.1, 0.15) is 0 Å². The van der Waals surface area contributed by atoms with Gasteiger partial charge in [-0.1, -0.05) is 57.4 Å². The van der Waals surface area contributed by atoms with Crippen molar-refractivity contribution in [1.82, 2.24) is 0 Å². The molecule has 0 atom stereocenters. The summed E-state index contributed by atoms with van der Waals surface area (Å²) in [6.45, 7) is 2.42. The highest BCUT2D eigenvalue weighted by Gasteiger charge is 2.12. The lowest BCUT2D eigenvalue weighted by Gasteiger charge is -2.05. The maximum atomic E-state index is 11.0. The number of phosphoric acid groups is 2. The molecule has 0 aromatic carbocycles. The molecule has 5 N–H and O–H groups in total. The Morgan fingerprint density at radius 3 is 1.50 bits per heavy atom. The van der Waals surface area contributed by atoms with Crippen LogP contribution in [0.5, 0.6) is 0 Å². The molecule has 0 amide bonds. The van der Waals surface area contributed by atoms with E-state index in [1.807, 2.05) is 0 Å². The number of unbranched alkanes of at least 4 members (excludes halogenated alkanes) is 9. The van der Waals surface area contributed by atoms with Gasteiger partial charge in [0.25, 0.3) is 0 Å². The Bertz CT molecular complexity index is 496. The largest absolute Gasteiger partial charge is 1.00 e. The third-order valence-electron chi connectivity index (χ3n) is 3.35. The number of hydrogen-bond donors (Lipinski definition) is 5. The maximum Gasteiger partial charge on any atom is 1.00 e. The van der Waals surface area contributed by atoms with Crippen LogP contribution in [0.4, 0.5) is 0 Å². The summed E-state index contributed by atoms with van der Waals surface area (Å²) in [6.07, 6.45) is 13.7. The number of hydrogen-bond acceptors (Lipinski definition) is 5. The first-order valence-corrected chi connectivity index (χ1v) is 12.3. The highest BCUT2D eigenvalue weighted by Crippen LogP contribution is 2.35. The van der Waals surface area contributed by atoms with E-state index < -0.39 is 15.6 Å². The van der Waals surface area contributed by atoms with Crippen molar-refractivity contribution in [3.63, 3.8) is 0 Å². The van der Waals surface area contributed by atoms with Crippen molar-refractivity contribution in [2.75, 3.05) is 13.2 Å². The Morgan fingerprint density at radius 2 is 1.14 bits per heavy atom. The standard InChI is InChI=1S/C16H31O6P.H3O4P/c1-2-13-16(17)21-14-11-9-7-5-3-4-6-8-10-12-15-22-23(18,19)20;1-5(2,3)4/h2,13H,3-12,14-15H2,1H3,(H2,18,19,20);(H3,1,2,3,4)/p+1. The molecule has 0 aliphatic heterocycles. The monoisotopic (exact) mass is 449 g/mol. The van der Waals surface area contributed by atoms with Crippen LogP contribution in [0.1, 0.15) is 72.6 Å². The number of allylic oxidation sites excluding steroid dienone is 1. The Balaban J connectivity index is -0.000000997. The van der Waals surface area contributed by atoms with Crippen LogP contribution >= 0.6 is 15.6 Å². The Kier molecular flexibility index (Phi) is 19.5. The van der Waals surface area contributed by atoms with E-state index in [1.165, 1.54) is 25.3 Å². The van der Waals surface area contributed by atoms with Crippen molar-refractivity contribution in [3.8, 4) is 0 Å². The molecule has 0 aromatic heterocycles. The van der Waals surface area contributed by atoms with Crippen LogP contribution in [-0.2, 0) is 23.2 Å². The van der Waals surface area contributed by atoms with Crippen molar-refractivity contribution < 1.29 is 49.1 Å². The molecule has 0 aliphatic carbocycles. The third-order valence-corrected chi connectivity index (χ3v) is 3.86. The van der Waals surface area contributed by atoms with Crippen LogP contribution in [-0.4, -0.2) is 43.7 Å². The lowest BCUT2D eigenvalue weighted by molar-refractivity contribution is -0.137. The van der Waals surface area contributed by atoms with E-state index in [-0.39, 0.29) is 14.0 Å². The van der Waals surface area contributed by atoms with Crippen LogP contribution < -0.4 is 0 Å². The zero-order valence-electron chi connectivity index (χ0n) is 17.3. The fourth-order valence-corrected chi connectivity index (χ4v) is 2.53. The normalized spacial score (nSPS) is 11.9. The summed E-state index contributed by atoms with van der Waals surface area (Å²) in [7, 11) is -8.93. The van der Waals surface area contributed by atoms with E-state index in [1.54, 1.807) is 13.0 Å². The molecular weight excluding hydrogens is 414 g/mol. The Labute approximate surface area is 167 Å². The van der Waals surface area contributed by atoms with Crippen molar-refractivity contribution in [1.29, 1.82) is 0 Å². The van der Waals surface area contributed by atoms with Crippen LogP contribution in [0.3, 0.4) is 0 Å². The molecule has 12 heteroatoms. The van der Waals surface area contributed by atoms with Crippen LogP contribution in [0.2, 0.25) is 0 Å². The van der Waals surface area contributed by atoms with Crippen LogP contribution in [0, 0.1) is 0 Å². The van der Waals surface area contributed by atoms with Gasteiger partial charge in [0, 0.05) is 6.08 Å². The van der Waals surface area contributed by atoms with Gasteiger partial charge in [-0.05, 0) is 19.8 Å². The van der Waals surface area contributed by atoms with Crippen molar-refractivity contribution in [2.24, 2.45) is 0 Å². The molecule has 168 valence electrons. The van der Waals surface area contributed by atoms with Gasteiger partial charge in [0.2, 0.25) is 0 Å². The van der Waals surface area contributed by atoms with E-state index in [9.17, 15) is 9.36 Å². The van der Waals surface area contributed by atoms with Crippen molar-refractivity contribution in [3.05, 3.63) is 12.2 Å². The maximum absolute atomic E-state index is 11.0. The van der Waals surface area contributed by atoms with E-state index in [0.717, 1.165) is 38.5 Å². The molecule has 0 fully saturated rings. The summed E-state index contributed by atoms with van der Waals surface area (Å²) in [5.74, 6) is -0.265. The second-order valence-corrected chi connectivity index (χ2v) is 8.31. The molecule has 0 saturated heterocycles. The van der Waals surface area contributed by atoms with Gasteiger partial charge in [-0.2, -0.15) is 0 Å². The van der Waals surface area contributed by atoms with Gasteiger partial charge in [0.05, 0.1) is 13.2 Å². The van der Waals surface area contributed by atoms with Crippen LogP contribution in [0.15, 0.2) is 12.2 Å². The zero-order chi connectivity index (χ0) is 21.9. The minimum Gasteiger partial charge on any atom is -0.463 e. The molecule has 0 spiro atoms. The fourth-order valence-electron chi connectivity index (χ4n) is 2.16. The third kappa shape index (κ3) is 36.4. The predicted octanol–water partition coefficient (Wildman–Crippen LogP) is 3.30. The first-order chi connectivity index (χ1) is 13.0. The quantitative estimate of drug-likeness (QED) is 0.108. The first kappa shape index (κ1) is 29.6.